The summed E-state index contributed by atoms with van der Waals surface area (Å²) in [5, 5.41) is 3.88. The van der Waals surface area contributed by atoms with Gasteiger partial charge in [-0.3, -0.25) is 4.79 Å². The maximum atomic E-state index is 12.6. The van der Waals surface area contributed by atoms with Gasteiger partial charge in [0.15, 0.2) is 0 Å². The number of hydrogen-bond acceptors (Lipinski definition) is 5. The summed E-state index contributed by atoms with van der Waals surface area (Å²) < 4.78 is 5.43. The van der Waals surface area contributed by atoms with Crippen LogP contribution in [0.2, 0.25) is 0 Å². The summed E-state index contributed by atoms with van der Waals surface area (Å²) in [7, 11) is 0. The van der Waals surface area contributed by atoms with Crippen LogP contribution < -0.4 is 10.1 Å². The maximum absolute atomic E-state index is 12.6. The zero-order valence-corrected chi connectivity index (χ0v) is 16.4. The third-order valence-corrected chi connectivity index (χ3v) is 5.35. The van der Waals surface area contributed by atoms with Crippen LogP contribution in [0.25, 0.3) is 20.9 Å². The Kier molecular flexibility index (Phi) is 5.04. The summed E-state index contributed by atoms with van der Waals surface area (Å²) in [6.07, 6.45) is 1.77. The lowest BCUT2D eigenvalue weighted by atomic mass is 10.1. The third kappa shape index (κ3) is 3.73. The Balaban J connectivity index is 1.59. The first-order valence-corrected chi connectivity index (χ1v) is 9.82. The van der Waals surface area contributed by atoms with Crippen LogP contribution in [0, 0.1) is 6.92 Å². The van der Waals surface area contributed by atoms with Gasteiger partial charge in [-0.1, -0.05) is 23.5 Å². The molecule has 0 unspecified atom stereocenters. The first-order chi connectivity index (χ1) is 13.6. The lowest BCUT2D eigenvalue weighted by molar-refractivity contribution is 0.102. The predicted octanol–water partition coefficient (Wildman–Crippen LogP) is 5.32. The van der Waals surface area contributed by atoms with Crippen molar-refractivity contribution in [2.45, 2.75) is 13.8 Å². The molecule has 28 heavy (non-hydrogen) atoms. The molecule has 0 radical (unpaired) electrons. The van der Waals surface area contributed by atoms with Gasteiger partial charge in [-0.05, 0) is 61.9 Å². The van der Waals surface area contributed by atoms with Gasteiger partial charge >= 0.3 is 0 Å². The number of amides is 1. The molecule has 0 aliphatic carbocycles. The van der Waals surface area contributed by atoms with Crippen molar-refractivity contribution in [1.29, 1.82) is 0 Å². The Labute approximate surface area is 167 Å². The molecule has 0 saturated heterocycles. The summed E-state index contributed by atoms with van der Waals surface area (Å²) in [6.45, 7) is 4.49. The zero-order valence-electron chi connectivity index (χ0n) is 15.6. The number of nitrogens with one attached hydrogen (secondary N) is 1. The molecular weight excluding hydrogens is 370 g/mol. The van der Waals surface area contributed by atoms with Crippen LogP contribution in [0.15, 0.2) is 60.8 Å². The zero-order chi connectivity index (χ0) is 19.5. The van der Waals surface area contributed by atoms with Crippen molar-refractivity contribution in [2.24, 2.45) is 0 Å². The second-order valence-electron chi connectivity index (χ2n) is 6.29. The van der Waals surface area contributed by atoms with E-state index in [0.717, 1.165) is 37.9 Å². The second kappa shape index (κ2) is 7.78. The maximum Gasteiger partial charge on any atom is 0.255 e. The van der Waals surface area contributed by atoms with Gasteiger partial charge in [-0.2, -0.15) is 0 Å². The highest BCUT2D eigenvalue weighted by molar-refractivity contribution is 7.21. The number of ether oxygens (including phenoxy) is 1. The lowest BCUT2D eigenvalue weighted by Crippen LogP contribution is -2.12. The molecule has 1 N–H and O–H groups in total. The first-order valence-electron chi connectivity index (χ1n) is 9.01. The van der Waals surface area contributed by atoms with E-state index in [1.807, 2.05) is 44.2 Å². The average Bonchev–Trinajstić information content (AvgIpc) is 3.14. The number of carbonyl (C=O) groups excluding carboxylic acids is 1. The number of thiazole rings is 1. The number of rotatable bonds is 5. The van der Waals surface area contributed by atoms with Crippen molar-refractivity contribution in [1.82, 2.24) is 9.97 Å². The summed E-state index contributed by atoms with van der Waals surface area (Å²) >= 11 is 1.54. The van der Waals surface area contributed by atoms with E-state index < -0.39 is 0 Å². The average molecular weight is 389 g/mol. The minimum absolute atomic E-state index is 0.158. The molecule has 4 rings (SSSR count). The van der Waals surface area contributed by atoms with Gasteiger partial charge in [0.1, 0.15) is 21.1 Å². The molecular formula is C22H19N3O2S. The Morgan fingerprint density at radius 2 is 1.96 bits per heavy atom. The molecule has 140 valence electrons. The highest BCUT2D eigenvalue weighted by Crippen LogP contribution is 2.31. The second-order valence-corrected chi connectivity index (χ2v) is 7.27. The van der Waals surface area contributed by atoms with Crippen molar-refractivity contribution in [3.8, 4) is 16.3 Å². The normalized spacial score (nSPS) is 10.8. The van der Waals surface area contributed by atoms with E-state index in [1.54, 1.807) is 30.5 Å². The predicted molar refractivity (Wildman–Crippen MR) is 113 cm³/mol. The molecule has 0 spiro atoms. The van der Waals surface area contributed by atoms with Crippen molar-refractivity contribution in [3.05, 3.63) is 71.9 Å². The summed E-state index contributed by atoms with van der Waals surface area (Å²) in [4.78, 5) is 22.5. The quantitative estimate of drug-likeness (QED) is 0.502. The van der Waals surface area contributed by atoms with Crippen LogP contribution in [0.1, 0.15) is 22.8 Å². The molecule has 0 saturated carbocycles. The number of nitrogens with zero attached hydrogens (tertiary/aromatic N) is 2. The van der Waals surface area contributed by atoms with Crippen LogP contribution in [0.5, 0.6) is 5.75 Å². The molecule has 2 aromatic heterocycles. The van der Waals surface area contributed by atoms with Crippen LogP contribution in [0.4, 0.5) is 5.69 Å². The number of fused-ring (bicyclic) bond motifs is 1. The van der Waals surface area contributed by atoms with Gasteiger partial charge < -0.3 is 10.1 Å². The first kappa shape index (κ1) is 18.1. The van der Waals surface area contributed by atoms with Crippen LogP contribution >= 0.6 is 11.3 Å². The number of benzene rings is 2. The molecule has 5 nitrogen and oxygen atoms in total. The van der Waals surface area contributed by atoms with E-state index in [1.165, 1.54) is 11.3 Å². The van der Waals surface area contributed by atoms with Crippen molar-refractivity contribution in [3.63, 3.8) is 0 Å². The van der Waals surface area contributed by atoms with Gasteiger partial charge in [0.25, 0.3) is 5.91 Å². The highest BCUT2D eigenvalue weighted by atomic mass is 32.1. The fraction of sp³-hybridized carbons (Fsp3) is 0.136. The van der Waals surface area contributed by atoms with Crippen LogP contribution in [0.3, 0.4) is 0 Å². The van der Waals surface area contributed by atoms with Crippen LogP contribution in [-0.4, -0.2) is 22.5 Å². The summed E-state index contributed by atoms with van der Waals surface area (Å²) in [5.41, 5.74) is 4.17. The number of carbonyl (C=O) groups is 1. The molecule has 0 bridgehead atoms. The van der Waals surface area contributed by atoms with E-state index in [4.69, 9.17) is 4.74 Å². The van der Waals surface area contributed by atoms with E-state index in [0.29, 0.717) is 12.2 Å². The molecule has 2 aromatic carbocycles. The van der Waals surface area contributed by atoms with E-state index in [-0.39, 0.29) is 5.91 Å². The van der Waals surface area contributed by atoms with E-state index in [2.05, 4.69) is 15.3 Å². The highest BCUT2D eigenvalue weighted by Gasteiger charge is 2.12. The molecule has 0 fully saturated rings. The molecule has 6 heteroatoms. The lowest BCUT2D eigenvalue weighted by Gasteiger charge is -2.10. The number of aryl methyl sites for hydroxylation is 1. The largest absolute Gasteiger partial charge is 0.494 e. The fourth-order valence-electron chi connectivity index (χ4n) is 2.85. The van der Waals surface area contributed by atoms with Gasteiger partial charge in [0, 0.05) is 23.0 Å². The van der Waals surface area contributed by atoms with Crippen molar-refractivity contribution < 1.29 is 9.53 Å². The Hall–Kier alpha value is -3.25. The standard InChI is InChI=1S/C22H19N3O2S/c1-3-27-17-10-8-15(9-11-17)20(26)24-19-13-16(7-6-14(19)2)21-25-18-5-4-12-23-22(18)28-21/h4-13H,3H2,1-2H3,(H,24,26). The van der Waals surface area contributed by atoms with E-state index >= 15 is 0 Å². The van der Waals surface area contributed by atoms with E-state index in [9.17, 15) is 4.79 Å². The summed E-state index contributed by atoms with van der Waals surface area (Å²) in [5.74, 6) is 0.593. The number of aromatic nitrogens is 2. The molecule has 0 aliphatic heterocycles. The Morgan fingerprint density at radius 3 is 2.71 bits per heavy atom. The number of pyridine rings is 1. The molecule has 0 aliphatic rings. The molecule has 2 heterocycles. The monoisotopic (exact) mass is 389 g/mol. The number of anilines is 1. The van der Waals surface area contributed by atoms with Gasteiger partial charge in [-0.15, -0.1) is 0 Å². The Bertz CT molecular complexity index is 1100. The smallest absolute Gasteiger partial charge is 0.255 e. The van der Waals surface area contributed by atoms with Crippen molar-refractivity contribution in [2.75, 3.05) is 11.9 Å². The van der Waals surface area contributed by atoms with Gasteiger partial charge in [0.05, 0.1) is 6.61 Å². The molecule has 0 atom stereocenters. The third-order valence-electron chi connectivity index (χ3n) is 4.33. The molecule has 4 aromatic rings. The number of hydrogen-bond donors (Lipinski definition) is 1. The fourth-order valence-corrected chi connectivity index (χ4v) is 3.75. The minimum Gasteiger partial charge on any atom is -0.494 e. The minimum atomic E-state index is -0.158. The Morgan fingerprint density at radius 1 is 1.14 bits per heavy atom. The SMILES string of the molecule is CCOc1ccc(C(=O)Nc2cc(-c3nc4cccnc4s3)ccc2C)cc1. The van der Waals surface area contributed by atoms with Crippen LogP contribution in [-0.2, 0) is 0 Å². The summed E-state index contributed by atoms with van der Waals surface area (Å²) in [6, 6.07) is 16.9. The van der Waals surface area contributed by atoms with Crippen molar-refractivity contribution >= 4 is 33.3 Å². The molecule has 1 amide bonds. The van der Waals surface area contributed by atoms with Gasteiger partial charge in [0.2, 0.25) is 0 Å². The topological polar surface area (TPSA) is 64.1 Å². The van der Waals surface area contributed by atoms with Gasteiger partial charge in [-0.25, -0.2) is 9.97 Å².